The summed E-state index contributed by atoms with van der Waals surface area (Å²) in [7, 11) is 1.45. The lowest BCUT2D eigenvalue weighted by Gasteiger charge is -2.05. The van der Waals surface area contributed by atoms with Crippen LogP contribution in [0.5, 0.6) is 11.5 Å². The van der Waals surface area contributed by atoms with E-state index in [1.807, 2.05) is 6.92 Å². The van der Waals surface area contributed by atoms with Crippen LogP contribution in [0, 0.1) is 0 Å². The number of hydrogen-bond donors (Lipinski definition) is 3. The van der Waals surface area contributed by atoms with Crippen LogP contribution >= 0.6 is 0 Å². The van der Waals surface area contributed by atoms with Crippen molar-refractivity contribution in [3.63, 3.8) is 0 Å². The second-order valence-electron chi connectivity index (χ2n) is 5.51. The third kappa shape index (κ3) is 5.34. The van der Waals surface area contributed by atoms with Crippen molar-refractivity contribution in [3.05, 3.63) is 53.6 Å². The fourth-order valence-electron chi connectivity index (χ4n) is 2.16. The summed E-state index contributed by atoms with van der Waals surface area (Å²) < 4.78 is 5.01. The van der Waals surface area contributed by atoms with E-state index in [0.717, 1.165) is 6.42 Å². The lowest BCUT2D eigenvalue weighted by molar-refractivity contribution is -0.116. The second kappa shape index (κ2) is 9.22. The zero-order chi connectivity index (χ0) is 18.9. The van der Waals surface area contributed by atoms with Gasteiger partial charge in [0.05, 0.1) is 13.3 Å². The molecule has 3 N–H and O–H groups in total. The number of nitrogens with one attached hydrogen (secondary N) is 2. The van der Waals surface area contributed by atoms with E-state index in [1.165, 1.54) is 19.4 Å². The van der Waals surface area contributed by atoms with E-state index in [9.17, 15) is 14.7 Å². The maximum atomic E-state index is 12.1. The van der Waals surface area contributed by atoms with Crippen molar-refractivity contribution >= 4 is 23.7 Å². The predicted molar refractivity (Wildman–Crippen MR) is 99.7 cm³/mol. The van der Waals surface area contributed by atoms with Gasteiger partial charge in [0.2, 0.25) is 5.91 Å². The Morgan fingerprint density at radius 1 is 1.19 bits per heavy atom. The van der Waals surface area contributed by atoms with Gasteiger partial charge in [0.25, 0.3) is 5.91 Å². The van der Waals surface area contributed by atoms with E-state index in [2.05, 4.69) is 15.8 Å². The molecule has 0 spiro atoms. The van der Waals surface area contributed by atoms with Gasteiger partial charge in [0, 0.05) is 17.7 Å². The number of hydrogen-bond acceptors (Lipinski definition) is 5. The highest BCUT2D eigenvalue weighted by Crippen LogP contribution is 2.25. The lowest BCUT2D eigenvalue weighted by atomic mass is 10.2. The highest BCUT2D eigenvalue weighted by atomic mass is 16.5. The van der Waals surface area contributed by atoms with Crippen LogP contribution in [-0.2, 0) is 4.79 Å². The van der Waals surface area contributed by atoms with Gasteiger partial charge in [0.15, 0.2) is 11.5 Å². The average Bonchev–Trinajstić information content (AvgIpc) is 2.63. The largest absolute Gasteiger partial charge is 0.504 e. The zero-order valence-electron chi connectivity index (χ0n) is 14.7. The Kier molecular flexibility index (Phi) is 6.73. The molecule has 136 valence electrons. The van der Waals surface area contributed by atoms with Crippen LogP contribution in [0.15, 0.2) is 47.6 Å². The summed E-state index contributed by atoms with van der Waals surface area (Å²) in [5.74, 6) is -0.0853. The van der Waals surface area contributed by atoms with E-state index < -0.39 is 0 Å². The molecule has 0 heterocycles. The Morgan fingerprint density at radius 2 is 1.92 bits per heavy atom. The summed E-state index contributed by atoms with van der Waals surface area (Å²) in [4.78, 5) is 23.6. The number of nitrogens with zero attached hydrogens (tertiary/aromatic N) is 1. The summed E-state index contributed by atoms with van der Waals surface area (Å²) in [6.07, 6.45) is 2.68. The molecule has 7 heteroatoms. The van der Waals surface area contributed by atoms with E-state index >= 15 is 0 Å². The standard InChI is InChI=1S/C19H21N3O4/c1-3-4-18(24)21-15-8-6-14(7-9-15)19(25)22-20-12-13-5-10-16(23)17(11-13)26-2/h5-12,23H,3-4H2,1-2H3,(H,21,24)(H,22,25)/b20-12+. The smallest absolute Gasteiger partial charge is 0.271 e. The van der Waals surface area contributed by atoms with Crippen LogP contribution in [0.1, 0.15) is 35.7 Å². The Labute approximate surface area is 151 Å². The average molecular weight is 355 g/mol. The molecule has 0 saturated carbocycles. The molecule has 0 fully saturated rings. The molecule has 0 bridgehead atoms. The molecule has 0 aliphatic heterocycles. The van der Waals surface area contributed by atoms with E-state index in [4.69, 9.17) is 4.74 Å². The van der Waals surface area contributed by atoms with Gasteiger partial charge in [-0.15, -0.1) is 0 Å². The number of benzene rings is 2. The summed E-state index contributed by atoms with van der Waals surface area (Å²) in [5, 5.41) is 16.2. The van der Waals surface area contributed by atoms with Crippen LogP contribution in [0.2, 0.25) is 0 Å². The number of hydrazone groups is 1. The quantitative estimate of drug-likeness (QED) is 0.525. The van der Waals surface area contributed by atoms with Gasteiger partial charge in [-0.2, -0.15) is 5.10 Å². The molecule has 0 aliphatic carbocycles. The molecular formula is C19H21N3O4. The number of phenols is 1. The van der Waals surface area contributed by atoms with Gasteiger partial charge < -0.3 is 15.2 Å². The van der Waals surface area contributed by atoms with Gasteiger partial charge in [-0.1, -0.05) is 6.92 Å². The van der Waals surface area contributed by atoms with Gasteiger partial charge in [0.1, 0.15) is 0 Å². The highest BCUT2D eigenvalue weighted by Gasteiger charge is 2.06. The molecular weight excluding hydrogens is 334 g/mol. The molecule has 2 rings (SSSR count). The topological polar surface area (TPSA) is 100 Å². The minimum Gasteiger partial charge on any atom is -0.504 e. The number of amides is 2. The Bertz CT molecular complexity index is 801. The Balaban J connectivity index is 1.94. The number of aromatic hydroxyl groups is 1. The maximum absolute atomic E-state index is 12.1. The second-order valence-corrected chi connectivity index (χ2v) is 5.51. The van der Waals surface area contributed by atoms with Crippen molar-refractivity contribution in [1.29, 1.82) is 0 Å². The maximum Gasteiger partial charge on any atom is 0.271 e. The van der Waals surface area contributed by atoms with Gasteiger partial charge in [-0.25, -0.2) is 5.43 Å². The number of rotatable bonds is 7. The number of carbonyl (C=O) groups is 2. The van der Waals surface area contributed by atoms with Crippen LogP contribution < -0.4 is 15.5 Å². The first-order valence-electron chi connectivity index (χ1n) is 8.13. The fourth-order valence-corrected chi connectivity index (χ4v) is 2.16. The SMILES string of the molecule is CCCC(=O)Nc1ccc(C(=O)N/N=C/c2ccc(O)c(OC)c2)cc1. The molecule has 0 aliphatic rings. The molecule has 26 heavy (non-hydrogen) atoms. The number of anilines is 1. The molecule has 2 aromatic rings. The normalized spacial score (nSPS) is 10.5. The van der Waals surface area contributed by atoms with E-state index in [0.29, 0.717) is 29.0 Å². The summed E-state index contributed by atoms with van der Waals surface area (Å²) >= 11 is 0. The number of phenolic OH excluding ortho intramolecular Hbond substituents is 1. The third-order valence-corrected chi connectivity index (χ3v) is 3.49. The molecule has 2 aromatic carbocycles. The molecule has 2 amide bonds. The van der Waals surface area contributed by atoms with Crippen molar-refractivity contribution in [2.45, 2.75) is 19.8 Å². The summed E-state index contributed by atoms with van der Waals surface area (Å²) in [5.41, 5.74) is 4.14. The molecule has 0 unspecified atom stereocenters. The predicted octanol–water partition coefficient (Wildman–Crippen LogP) is 2.90. The molecule has 0 radical (unpaired) electrons. The van der Waals surface area contributed by atoms with E-state index in [-0.39, 0.29) is 17.6 Å². The fraction of sp³-hybridized carbons (Fsp3) is 0.211. The zero-order valence-corrected chi connectivity index (χ0v) is 14.7. The first-order chi connectivity index (χ1) is 12.5. The van der Waals surface area contributed by atoms with Crippen molar-refractivity contribution < 1.29 is 19.4 Å². The van der Waals surface area contributed by atoms with E-state index in [1.54, 1.807) is 36.4 Å². The van der Waals surface area contributed by atoms with Crippen molar-refractivity contribution in [1.82, 2.24) is 5.43 Å². The lowest BCUT2D eigenvalue weighted by Crippen LogP contribution is -2.17. The molecule has 0 saturated heterocycles. The number of carbonyl (C=O) groups excluding carboxylic acids is 2. The minimum absolute atomic E-state index is 0.0276. The van der Waals surface area contributed by atoms with Crippen LogP contribution in [0.3, 0.4) is 0 Å². The Morgan fingerprint density at radius 3 is 2.58 bits per heavy atom. The van der Waals surface area contributed by atoms with Gasteiger partial charge in [-0.3, -0.25) is 9.59 Å². The molecule has 0 aromatic heterocycles. The third-order valence-electron chi connectivity index (χ3n) is 3.49. The van der Waals surface area contributed by atoms with Crippen molar-refractivity contribution in [2.75, 3.05) is 12.4 Å². The van der Waals surface area contributed by atoms with Gasteiger partial charge in [-0.05, 0) is 54.4 Å². The summed E-state index contributed by atoms with van der Waals surface area (Å²) in [6, 6.07) is 11.3. The number of methoxy groups -OCH3 is 1. The first kappa shape index (κ1) is 19.0. The summed E-state index contributed by atoms with van der Waals surface area (Å²) in [6.45, 7) is 1.93. The van der Waals surface area contributed by atoms with Crippen LogP contribution in [-0.4, -0.2) is 30.2 Å². The molecule has 0 atom stereocenters. The van der Waals surface area contributed by atoms with Crippen molar-refractivity contribution in [2.24, 2.45) is 5.10 Å². The van der Waals surface area contributed by atoms with Crippen LogP contribution in [0.25, 0.3) is 0 Å². The molecule has 7 nitrogen and oxygen atoms in total. The number of ether oxygens (including phenoxy) is 1. The van der Waals surface area contributed by atoms with Gasteiger partial charge >= 0.3 is 0 Å². The van der Waals surface area contributed by atoms with Crippen molar-refractivity contribution in [3.8, 4) is 11.5 Å². The first-order valence-corrected chi connectivity index (χ1v) is 8.13. The minimum atomic E-state index is -0.376. The van der Waals surface area contributed by atoms with Crippen LogP contribution in [0.4, 0.5) is 5.69 Å². The Hall–Kier alpha value is -3.35. The highest BCUT2D eigenvalue weighted by molar-refractivity contribution is 5.96. The monoisotopic (exact) mass is 355 g/mol.